The highest BCUT2D eigenvalue weighted by Crippen LogP contribution is 2.61. The molecule has 0 aliphatic heterocycles. The fraction of sp³-hybridized carbons (Fsp3) is 0.650. The molecule has 4 bridgehead atoms. The van der Waals surface area contributed by atoms with E-state index in [0.717, 1.165) is 17.8 Å². The lowest BCUT2D eigenvalue weighted by Gasteiger charge is -2.59. The van der Waals surface area contributed by atoms with Crippen LogP contribution in [0.5, 0.6) is 5.75 Å². The van der Waals surface area contributed by atoms with Crippen LogP contribution in [0, 0.1) is 23.2 Å². The minimum atomic E-state index is 0.00527. The molecule has 4 aliphatic rings. The number of hydrogen-bond acceptors (Lipinski definition) is 2. The van der Waals surface area contributed by atoms with Crippen LogP contribution in [-0.4, -0.2) is 19.1 Å². The van der Waals surface area contributed by atoms with Crippen molar-refractivity contribution in [2.75, 3.05) is 7.11 Å². The Morgan fingerprint density at radius 3 is 2.26 bits per heavy atom. The molecule has 4 fully saturated rings. The molecule has 0 heterocycles. The zero-order valence-corrected chi connectivity index (χ0v) is 14.2. The Morgan fingerprint density at radius 2 is 1.70 bits per heavy atom. The fourth-order valence-electron chi connectivity index (χ4n) is 5.97. The Morgan fingerprint density at radius 1 is 1.13 bits per heavy atom. The highest BCUT2D eigenvalue weighted by molar-refractivity contribution is 5.97. The maximum absolute atomic E-state index is 12.7. The molecule has 0 radical (unpaired) electrons. The van der Waals surface area contributed by atoms with E-state index in [1.54, 1.807) is 7.11 Å². The van der Waals surface area contributed by atoms with Crippen molar-refractivity contribution in [3.63, 3.8) is 0 Å². The van der Waals surface area contributed by atoms with Crippen molar-refractivity contribution >= 4 is 5.91 Å². The molecule has 0 saturated heterocycles. The number of amides is 1. The number of carbonyl (C=O) groups excluding carboxylic acids is 1. The molecule has 1 aromatic rings. The van der Waals surface area contributed by atoms with Crippen LogP contribution < -0.4 is 10.1 Å². The van der Waals surface area contributed by atoms with E-state index < -0.39 is 0 Å². The van der Waals surface area contributed by atoms with Crippen LogP contribution in [0.2, 0.25) is 0 Å². The molecule has 5 rings (SSSR count). The average Bonchev–Trinajstić information content (AvgIpc) is 2.53. The van der Waals surface area contributed by atoms with Gasteiger partial charge in [0, 0.05) is 6.04 Å². The van der Waals surface area contributed by atoms with Gasteiger partial charge in [-0.25, -0.2) is 0 Å². The maximum Gasteiger partial charge on any atom is 0.255 e. The van der Waals surface area contributed by atoms with Crippen LogP contribution >= 0.6 is 0 Å². The van der Waals surface area contributed by atoms with Gasteiger partial charge in [-0.1, -0.05) is 12.1 Å². The van der Waals surface area contributed by atoms with Crippen LogP contribution in [0.4, 0.5) is 0 Å². The molecule has 1 atom stereocenters. The van der Waals surface area contributed by atoms with Gasteiger partial charge in [0.2, 0.25) is 0 Å². The van der Waals surface area contributed by atoms with E-state index in [0.29, 0.717) is 16.7 Å². The lowest BCUT2D eigenvalue weighted by Crippen LogP contribution is -2.55. The van der Waals surface area contributed by atoms with Crippen LogP contribution in [-0.2, 0) is 0 Å². The molecule has 0 spiro atoms. The number of nitrogens with one attached hydrogen (secondary N) is 1. The van der Waals surface area contributed by atoms with Crippen molar-refractivity contribution in [2.45, 2.75) is 51.5 Å². The van der Waals surface area contributed by atoms with Gasteiger partial charge in [0.1, 0.15) is 5.75 Å². The second kappa shape index (κ2) is 5.54. The number of ether oxygens (including phenoxy) is 1. The summed E-state index contributed by atoms with van der Waals surface area (Å²) in [6.45, 7) is 2.22. The van der Waals surface area contributed by atoms with Gasteiger partial charge in [-0.2, -0.15) is 0 Å². The predicted octanol–water partition coefficient (Wildman–Crippen LogP) is 4.03. The largest absolute Gasteiger partial charge is 0.496 e. The normalized spacial score (nSPS) is 35.8. The van der Waals surface area contributed by atoms with Crippen molar-refractivity contribution < 1.29 is 9.53 Å². The van der Waals surface area contributed by atoms with Crippen molar-refractivity contribution in [3.05, 3.63) is 29.8 Å². The van der Waals surface area contributed by atoms with Crippen LogP contribution in [0.3, 0.4) is 0 Å². The zero-order valence-electron chi connectivity index (χ0n) is 14.2. The molecule has 1 N–H and O–H groups in total. The molecular formula is C20H27NO2. The first-order chi connectivity index (χ1) is 11.1. The van der Waals surface area contributed by atoms with Gasteiger partial charge in [-0.3, -0.25) is 4.79 Å². The molecule has 124 valence electrons. The molecule has 1 unspecified atom stereocenters. The second-order valence-electron chi connectivity index (χ2n) is 8.18. The van der Waals surface area contributed by atoms with Crippen LogP contribution in [0.25, 0.3) is 0 Å². The van der Waals surface area contributed by atoms with Gasteiger partial charge in [-0.15, -0.1) is 0 Å². The van der Waals surface area contributed by atoms with E-state index in [1.807, 2.05) is 24.3 Å². The Labute approximate surface area is 138 Å². The molecular weight excluding hydrogens is 286 g/mol. The third-order valence-electron chi connectivity index (χ3n) is 6.70. The van der Waals surface area contributed by atoms with Crippen molar-refractivity contribution in [1.82, 2.24) is 5.32 Å². The van der Waals surface area contributed by atoms with E-state index in [1.165, 1.54) is 38.5 Å². The summed E-state index contributed by atoms with van der Waals surface area (Å²) in [7, 11) is 1.62. The minimum absolute atomic E-state index is 0.00527. The summed E-state index contributed by atoms with van der Waals surface area (Å²) in [6, 6.07) is 7.74. The Hall–Kier alpha value is -1.51. The van der Waals surface area contributed by atoms with Crippen molar-refractivity contribution in [1.29, 1.82) is 0 Å². The Balaban J connectivity index is 1.51. The second-order valence-corrected chi connectivity index (χ2v) is 8.18. The third kappa shape index (κ3) is 2.54. The minimum Gasteiger partial charge on any atom is -0.496 e. The van der Waals surface area contributed by atoms with E-state index in [4.69, 9.17) is 4.74 Å². The first kappa shape index (κ1) is 15.0. The molecule has 1 amide bonds. The molecule has 23 heavy (non-hydrogen) atoms. The molecule has 3 nitrogen and oxygen atoms in total. The van der Waals surface area contributed by atoms with E-state index >= 15 is 0 Å². The topological polar surface area (TPSA) is 38.3 Å². The summed E-state index contributed by atoms with van der Waals surface area (Å²) in [5, 5.41) is 3.31. The molecule has 4 aliphatic carbocycles. The van der Waals surface area contributed by atoms with Gasteiger partial charge < -0.3 is 10.1 Å². The summed E-state index contributed by atoms with van der Waals surface area (Å²) in [4.78, 5) is 12.7. The molecule has 0 aromatic heterocycles. The third-order valence-corrected chi connectivity index (χ3v) is 6.70. The van der Waals surface area contributed by atoms with Gasteiger partial charge in [-0.05, 0) is 80.8 Å². The maximum atomic E-state index is 12.7. The van der Waals surface area contributed by atoms with E-state index in [-0.39, 0.29) is 11.9 Å². The smallest absolute Gasteiger partial charge is 0.255 e. The summed E-state index contributed by atoms with van der Waals surface area (Å²) in [5.74, 6) is 3.39. The average molecular weight is 313 g/mol. The summed E-state index contributed by atoms with van der Waals surface area (Å²) in [6.07, 6.45) is 8.25. The number of carbonyl (C=O) groups is 1. The van der Waals surface area contributed by atoms with E-state index in [2.05, 4.69) is 12.2 Å². The van der Waals surface area contributed by atoms with Crippen LogP contribution in [0.15, 0.2) is 24.3 Å². The zero-order chi connectivity index (χ0) is 16.0. The fourth-order valence-corrected chi connectivity index (χ4v) is 5.97. The van der Waals surface area contributed by atoms with Gasteiger partial charge >= 0.3 is 0 Å². The summed E-state index contributed by atoms with van der Waals surface area (Å²) in [5.41, 5.74) is 0.985. The number of para-hydroxylation sites is 1. The number of methoxy groups -OCH3 is 1. The Bertz CT molecular complexity index is 574. The standard InChI is InChI=1S/C20H27NO2/c1-13(21-19(22)17-5-3-4-6-18(17)23-2)20-10-14-7-15(11-20)9-16(8-14)12-20/h3-6,13-16H,7-12H2,1-2H3,(H,21,22). The molecule has 3 heteroatoms. The van der Waals surface area contributed by atoms with Crippen molar-refractivity contribution in [3.8, 4) is 5.75 Å². The first-order valence-corrected chi connectivity index (χ1v) is 9.03. The first-order valence-electron chi connectivity index (χ1n) is 9.03. The Kier molecular flexibility index (Phi) is 3.62. The molecule has 1 aromatic carbocycles. The van der Waals surface area contributed by atoms with E-state index in [9.17, 15) is 4.79 Å². The molecule has 4 saturated carbocycles. The van der Waals surface area contributed by atoms with Gasteiger partial charge in [0.15, 0.2) is 0 Å². The lowest BCUT2D eigenvalue weighted by molar-refractivity contribution is -0.0688. The quantitative estimate of drug-likeness (QED) is 0.911. The van der Waals surface area contributed by atoms with Crippen LogP contribution in [0.1, 0.15) is 55.8 Å². The highest BCUT2D eigenvalue weighted by atomic mass is 16.5. The number of rotatable bonds is 4. The number of hydrogen-bond donors (Lipinski definition) is 1. The SMILES string of the molecule is COc1ccccc1C(=O)NC(C)C12CC3CC(CC(C3)C1)C2. The van der Waals surface area contributed by atoms with Gasteiger partial charge in [0.05, 0.1) is 12.7 Å². The lowest BCUT2D eigenvalue weighted by atomic mass is 9.48. The summed E-state index contributed by atoms with van der Waals surface area (Å²) < 4.78 is 5.34. The monoisotopic (exact) mass is 313 g/mol. The highest BCUT2D eigenvalue weighted by Gasteiger charge is 2.53. The van der Waals surface area contributed by atoms with Crippen molar-refractivity contribution in [2.24, 2.45) is 23.2 Å². The predicted molar refractivity (Wildman–Crippen MR) is 90.5 cm³/mol. The summed E-state index contributed by atoms with van der Waals surface area (Å²) >= 11 is 0. The van der Waals surface area contributed by atoms with Gasteiger partial charge in [0.25, 0.3) is 5.91 Å². The number of benzene rings is 1.